The molecule has 0 aliphatic carbocycles. The maximum atomic E-state index is 12.0. The summed E-state index contributed by atoms with van der Waals surface area (Å²) in [6, 6.07) is 16.5. The Morgan fingerprint density at radius 2 is 1.85 bits per heavy atom. The third-order valence-corrected chi connectivity index (χ3v) is 8.79. The molecule has 2 atom stereocenters. The van der Waals surface area contributed by atoms with E-state index in [1.165, 1.54) is 19.2 Å². The molecule has 3 heterocycles. The zero-order chi connectivity index (χ0) is 27.3. The van der Waals surface area contributed by atoms with Crippen molar-refractivity contribution in [3.05, 3.63) is 67.0 Å². The van der Waals surface area contributed by atoms with E-state index in [0.717, 1.165) is 49.4 Å². The third-order valence-electron chi connectivity index (χ3n) is 7.38. The Kier molecular flexibility index (Phi) is 8.43. The highest BCUT2D eigenvalue weighted by atomic mass is 32.2. The van der Waals surface area contributed by atoms with E-state index in [-0.39, 0.29) is 23.1 Å². The Hall–Kier alpha value is -3.09. The van der Waals surface area contributed by atoms with Crippen LogP contribution in [0.5, 0.6) is 5.75 Å². The number of ether oxygens (including phenoxy) is 2. The number of aliphatic hydroxyl groups excluding tert-OH is 1. The number of hydrogen-bond donors (Lipinski definition) is 3. The molecular formula is C28H35N5O5S. The van der Waals surface area contributed by atoms with E-state index < -0.39 is 16.1 Å². The highest BCUT2D eigenvalue weighted by molar-refractivity contribution is 7.89. The van der Waals surface area contributed by atoms with Crippen molar-refractivity contribution in [1.29, 1.82) is 0 Å². The summed E-state index contributed by atoms with van der Waals surface area (Å²) < 4.78 is 38.1. The lowest BCUT2D eigenvalue weighted by Crippen LogP contribution is -2.45. The molecule has 2 aromatic carbocycles. The van der Waals surface area contributed by atoms with Gasteiger partial charge in [-0.2, -0.15) is 0 Å². The molecule has 0 saturated carbocycles. The third kappa shape index (κ3) is 6.74. The molecule has 2 fully saturated rings. The molecule has 0 radical (unpaired) electrons. The summed E-state index contributed by atoms with van der Waals surface area (Å²) in [7, 11) is -2.20. The first-order valence-electron chi connectivity index (χ1n) is 13.2. The number of aliphatic hydroxyl groups is 1. The van der Waals surface area contributed by atoms with Crippen LogP contribution in [-0.4, -0.2) is 81.1 Å². The van der Waals surface area contributed by atoms with Gasteiger partial charge in [-0.15, -0.1) is 0 Å². The topological polar surface area (TPSA) is 126 Å². The van der Waals surface area contributed by atoms with Gasteiger partial charge in [0.25, 0.3) is 0 Å². The number of aromatic nitrogens is 2. The maximum absolute atomic E-state index is 12.0. The normalized spacial score (nSPS) is 19.7. The first kappa shape index (κ1) is 27.5. The number of hydrogen-bond acceptors (Lipinski definition) is 9. The van der Waals surface area contributed by atoms with E-state index in [1.54, 1.807) is 12.1 Å². The van der Waals surface area contributed by atoms with Crippen molar-refractivity contribution in [1.82, 2.24) is 20.0 Å². The molecule has 0 bridgehead atoms. The summed E-state index contributed by atoms with van der Waals surface area (Å²) in [6.07, 6.45) is 5.68. The number of anilines is 1. The molecule has 11 heteroatoms. The quantitative estimate of drug-likeness (QED) is 0.346. The van der Waals surface area contributed by atoms with Crippen molar-refractivity contribution in [3.63, 3.8) is 0 Å². The van der Waals surface area contributed by atoms with Gasteiger partial charge in [-0.25, -0.2) is 23.1 Å². The largest absolute Gasteiger partial charge is 0.491 e. The average molecular weight is 554 g/mol. The molecule has 2 aliphatic heterocycles. The Bertz CT molecular complexity index is 1330. The fourth-order valence-corrected chi connectivity index (χ4v) is 5.87. The Labute approximate surface area is 229 Å². The second-order valence-electron chi connectivity index (χ2n) is 10.1. The fraction of sp³-hybridized carbons (Fsp3) is 0.429. The van der Waals surface area contributed by atoms with Crippen LogP contribution < -0.4 is 19.7 Å². The van der Waals surface area contributed by atoms with Gasteiger partial charge in [-0.1, -0.05) is 36.4 Å². The number of nitrogens with one attached hydrogen (secondary N) is 2. The predicted molar refractivity (Wildman–Crippen MR) is 148 cm³/mol. The van der Waals surface area contributed by atoms with Crippen LogP contribution in [0.25, 0.3) is 11.1 Å². The second kappa shape index (κ2) is 12.0. The van der Waals surface area contributed by atoms with Crippen LogP contribution in [0.15, 0.2) is 71.9 Å². The zero-order valence-electron chi connectivity index (χ0n) is 22.0. The number of sulfonamides is 1. The van der Waals surface area contributed by atoms with Crippen molar-refractivity contribution in [2.24, 2.45) is 0 Å². The van der Waals surface area contributed by atoms with Crippen molar-refractivity contribution in [3.8, 4) is 16.9 Å². The van der Waals surface area contributed by atoms with Gasteiger partial charge in [0.05, 0.1) is 17.1 Å². The van der Waals surface area contributed by atoms with Crippen LogP contribution >= 0.6 is 0 Å². The highest BCUT2D eigenvalue weighted by Crippen LogP contribution is 2.36. The van der Waals surface area contributed by atoms with Crippen molar-refractivity contribution < 1.29 is 23.0 Å². The van der Waals surface area contributed by atoms with E-state index in [4.69, 9.17) is 9.47 Å². The van der Waals surface area contributed by atoms with Crippen LogP contribution in [0.4, 0.5) is 5.95 Å². The molecule has 2 aliphatic rings. The number of nitrogens with zero attached hydrogens (tertiary/aromatic N) is 3. The first-order chi connectivity index (χ1) is 18.9. The molecule has 39 heavy (non-hydrogen) atoms. The molecule has 208 valence electrons. The van der Waals surface area contributed by atoms with Gasteiger partial charge in [-0.3, -0.25) is 0 Å². The minimum absolute atomic E-state index is 0.0484. The molecule has 1 aromatic heterocycles. The highest BCUT2D eigenvalue weighted by Gasteiger charge is 2.43. The maximum Gasteiger partial charge on any atom is 0.240 e. The van der Waals surface area contributed by atoms with Crippen molar-refractivity contribution in [2.45, 2.75) is 41.9 Å². The predicted octanol–water partition coefficient (Wildman–Crippen LogP) is 2.21. The Balaban J connectivity index is 1.05. The minimum Gasteiger partial charge on any atom is -0.491 e. The number of benzene rings is 2. The summed E-state index contributed by atoms with van der Waals surface area (Å²) in [4.78, 5) is 11.5. The van der Waals surface area contributed by atoms with Gasteiger partial charge in [0.2, 0.25) is 16.0 Å². The first-order valence-corrected chi connectivity index (χ1v) is 14.7. The van der Waals surface area contributed by atoms with E-state index >= 15 is 0 Å². The van der Waals surface area contributed by atoms with Crippen LogP contribution in [0.3, 0.4) is 0 Å². The summed E-state index contributed by atoms with van der Waals surface area (Å²) in [5.41, 5.74) is 1.94. The molecule has 3 N–H and O–H groups in total. The SMILES string of the molecule is CNS(=O)(=O)c1cccc(OC[C@@H](O)CNC2COC3(CCN(c4ncc(-c5ccccc5)cn4)CC3)C2)c1. The molecule has 10 nitrogen and oxygen atoms in total. The van der Waals surface area contributed by atoms with E-state index in [1.807, 2.05) is 30.6 Å². The van der Waals surface area contributed by atoms with Gasteiger partial charge < -0.3 is 24.8 Å². The molecule has 5 rings (SSSR count). The van der Waals surface area contributed by atoms with E-state index in [0.29, 0.717) is 18.9 Å². The monoisotopic (exact) mass is 553 g/mol. The zero-order valence-corrected chi connectivity index (χ0v) is 22.8. The Morgan fingerprint density at radius 1 is 1.10 bits per heavy atom. The van der Waals surface area contributed by atoms with Crippen LogP contribution in [0.2, 0.25) is 0 Å². The molecule has 3 aromatic rings. The molecule has 0 amide bonds. The number of piperidine rings is 1. The summed E-state index contributed by atoms with van der Waals surface area (Å²) in [5.74, 6) is 1.13. The van der Waals surface area contributed by atoms with Crippen LogP contribution in [0, 0.1) is 0 Å². The minimum atomic E-state index is -3.55. The lowest BCUT2D eigenvalue weighted by Gasteiger charge is -2.38. The fourth-order valence-electron chi connectivity index (χ4n) is 5.11. The van der Waals surface area contributed by atoms with Crippen molar-refractivity contribution >= 4 is 16.0 Å². The van der Waals surface area contributed by atoms with Gasteiger partial charge in [0, 0.05) is 49.7 Å². The van der Waals surface area contributed by atoms with Gasteiger partial charge in [0.1, 0.15) is 18.5 Å². The van der Waals surface area contributed by atoms with Gasteiger partial charge >= 0.3 is 0 Å². The summed E-state index contributed by atoms with van der Waals surface area (Å²) in [6.45, 7) is 2.66. The molecule has 1 unspecified atom stereocenters. The molecule has 2 saturated heterocycles. The van der Waals surface area contributed by atoms with Crippen molar-refractivity contribution in [2.75, 3.05) is 44.8 Å². The summed E-state index contributed by atoms with van der Waals surface area (Å²) in [5, 5.41) is 13.8. The second-order valence-corrected chi connectivity index (χ2v) is 12.0. The van der Waals surface area contributed by atoms with Crippen LogP contribution in [-0.2, 0) is 14.8 Å². The standard InChI is InChI=1S/C28H35N5O5S/c1-29-39(35,36)26-9-5-8-25(14-26)37-20-24(34)18-30-23-15-28(38-19-23)10-12-33(13-11-28)27-31-16-22(17-32-27)21-6-3-2-4-7-21/h2-9,14,16-17,23-24,29-30,34H,10-13,15,18-20H2,1H3/t23?,24-/m0/s1. The average Bonchev–Trinajstić information content (AvgIpc) is 3.38. The van der Waals surface area contributed by atoms with E-state index in [2.05, 4.69) is 37.0 Å². The smallest absolute Gasteiger partial charge is 0.240 e. The molecule has 1 spiro atoms. The molecular weight excluding hydrogens is 518 g/mol. The van der Waals surface area contributed by atoms with Gasteiger partial charge in [0.15, 0.2) is 0 Å². The lowest BCUT2D eigenvalue weighted by molar-refractivity contribution is -0.0152. The van der Waals surface area contributed by atoms with E-state index in [9.17, 15) is 13.5 Å². The lowest BCUT2D eigenvalue weighted by atomic mass is 9.87. The Morgan fingerprint density at radius 3 is 2.56 bits per heavy atom. The van der Waals surface area contributed by atoms with Crippen LogP contribution in [0.1, 0.15) is 19.3 Å². The van der Waals surface area contributed by atoms with Gasteiger partial charge in [-0.05, 0) is 44.0 Å². The number of rotatable bonds is 10. The summed E-state index contributed by atoms with van der Waals surface area (Å²) >= 11 is 0.